The fourth-order valence-corrected chi connectivity index (χ4v) is 5.50. The van der Waals surface area contributed by atoms with Gasteiger partial charge in [0.1, 0.15) is 0 Å². The van der Waals surface area contributed by atoms with Gasteiger partial charge in [-0.05, 0) is 37.2 Å². The van der Waals surface area contributed by atoms with Crippen molar-refractivity contribution >= 4 is 16.0 Å². The Morgan fingerprint density at radius 1 is 1.00 bits per heavy atom. The number of anilines is 1. The van der Waals surface area contributed by atoms with E-state index in [4.69, 9.17) is 0 Å². The lowest BCUT2D eigenvalue weighted by Gasteiger charge is -2.34. The van der Waals surface area contributed by atoms with Crippen molar-refractivity contribution in [1.29, 1.82) is 0 Å². The monoisotopic (exact) mass is 308 g/mol. The summed E-state index contributed by atoms with van der Waals surface area (Å²) in [6.45, 7) is 3.17. The fourth-order valence-electron chi connectivity index (χ4n) is 3.55. The highest BCUT2D eigenvalue weighted by atomic mass is 32.2. The van der Waals surface area contributed by atoms with Crippen LogP contribution >= 0.6 is 0 Å². The predicted octanol–water partition coefficient (Wildman–Crippen LogP) is 0.727. The molecule has 1 aromatic rings. The van der Waals surface area contributed by atoms with Gasteiger partial charge in [0.2, 0.25) is 16.0 Å². The molecule has 1 aliphatic carbocycles. The molecule has 0 unspecified atom stereocenters. The largest absolute Gasteiger partial charge is 0.340 e. The zero-order chi connectivity index (χ0) is 14.4. The molecule has 3 aliphatic rings. The smallest absolute Gasteiger partial charge is 0.225 e. The Morgan fingerprint density at radius 2 is 1.71 bits per heavy atom. The normalized spacial score (nSPS) is 30.4. The van der Waals surface area contributed by atoms with E-state index in [9.17, 15) is 8.42 Å². The number of hydrogen-bond acceptors (Lipinski definition) is 5. The number of piperidine rings is 1. The summed E-state index contributed by atoms with van der Waals surface area (Å²) < 4.78 is 26.5. The van der Waals surface area contributed by atoms with Crippen molar-refractivity contribution in [3.8, 4) is 0 Å². The number of rotatable bonds is 3. The third kappa shape index (κ3) is 2.42. The van der Waals surface area contributed by atoms with Gasteiger partial charge in [0.15, 0.2) is 0 Å². The van der Waals surface area contributed by atoms with Crippen molar-refractivity contribution in [2.75, 3.05) is 31.1 Å². The fraction of sp³-hybridized carbons (Fsp3) is 0.714. The van der Waals surface area contributed by atoms with Crippen LogP contribution in [0.15, 0.2) is 18.5 Å². The second-order valence-corrected chi connectivity index (χ2v) is 8.58. The maximum atomic E-state index is 12.4. The Balaban J connectivity index is 1.47. The number of sulfonamides is 1. The molecule has 0 bridgehead atoms. The lowest BCUT2D eigenvalue weighted by atomic mass is 9.89. The molecule has 0 N–H and O–H groups in total. The highest BCUT2D eigenvalue weighted by molar-refractivity contribution is 7.90. The van der Waals surface area contributed by atoms with Gasteiger partial charge in [-0.25, -0.2) is 22.7 Å². The second kappa shape index (κ2) is 4.91. The second-order valence-electron chi connectivity index (χ2n) is 6.36. The molecule has 114 valence electrons. The molecule has 2 saturated heterocycles. The lowest BCUT2D eigenvalue weighted by molar-refractivity contribution is 0.346. The summed E-state index contributed by atoms with van der Waals surface area (Å²) >= 11 is 0. The van der Waals surface area contributed by atoms with Crippen molar-refractivity contribution in [2.45, 2.75) is 24.5 Å². The van der Waals surface area contributed by atoms with E-state index in [0.29, 0.717) is 24.9 Å². The van der Waals surface area contributed by atoms with Crippen LogP contribution in [0.4, 0.5) is 5.95 Å². The summed E-state index contributed by atoms with van der Waals surface area (Å²) in [5.74, 6) is 1.68. The summed E-state index contributed by atoms with van der Waals surface area (Å²) in [4.78, 5) is 10.8. The SMILES string of the molecule is O=S(=O)(C1CC1)N1C[C@H]2CCN(c3ncccn3)C[C@H]2C1. The molecule has 0 spiro atoms. The zero-order valence-corrected chi connectivity index (χ0v) is 12.7. The van der Waals surface area contributed by atoms with Crippen LogP contribution in [-0.2, 0) is 10.0 Å². The Morgan fingerprint density at radius 3 is 2.43 bits per heavy atom. The summed E-state index contributed by atoms with van der Waals surface area (Å²) in [6, 6.07) is 1.82. The molecule has 3 fully saturated rings. The van der Waals surface area contributed by atoms with Gasteiger partial charge in [0.25, 0.3) is 0 Å². The van der Waals surface area contributed by atoms with E-state index in [0.717, 1.165) is 38.3 Å². The van der Waals surface area contributed by atoms with Crippen LogP contribution in [0.25, 0.3) is 0 Å². The Hall–Kier alpha value is -1.21. The molecular formula is C14H20N4O2S. The van der Waals surface area contributed by atoms with Gasteiger partial charge in [0.05, 0.1) is 5.25 Å². The van der Waals surface area contributed by atoms with Crippen molar-refractivity contribution in [1.82, 2.24) is 14.3 Å². The molecule has 0 amide bonds. The van der Waals surface area contributed by atoms with E-state index < -0.39 is 10.0 Å². The first-order valence-electron chi connectivity index (χ1n) is 7.65. The third-order valence-corrected chi connectivity index (χ3v) is 7.24. The average Bonchev–Trinajstić information content (AvgIpc) is 3.27. The number of hydrogen-bond donors (Lipinski definition) is 0. The Bertz CT molecular complexity index is 617. The maximum Gasteiger partial charge on any atom is 0.225 e. The van der Waals surface area contributed by atoms with E-state index in [1.54, 1.807) is 16.7 Å². The van der Waals surface area contributed by atoms with Crippen LogP contribution in [0, 0.1) is 11.8 Å². The third-order valence-electron chi connectivity index (χ3n) is 4.91. The molecule has 21 heavy (non-hydrogen) atoms. The minimum absolute atomic E-state index is 0.0915. The van der Waals surface area contributed by atoms with Gasteiger partial charge in [-0.1, -0.05) is 0 Å². The number of fused-ring (bicyclic) bond motifs is 1. The Kier molecular flexibility index (Phi) is 3.15. The molecule has 3 heterocycles. The molecule has 1 aromatic heterocycles. The molecule has 1 saturated carbocycles. The van der Waals surface area contributed by atoms with Crippen LogP contribution in [0.1, 0.15) is 19.3 Å². The van der Waals surface area contributed by atoms with Crippen LogP contribution in [0.3, 0.4) is 0 Å². The van der Waals surface area contributed by atoms with E-state index in [2.05, 4.69) is 14.9 Å². The average molecular weight is 308 g/mol. The molecule has 4 rings (SSSR count). The molecule has 0 radical (unpaired) electrons. The van der Waals surface area contributed by atoms with E-state index in [-0.39, 0.29) is 5.25 Å². The van der Waals surface area contributed by atoms with E-state index in [1.165, 1.54) is 0 Å². The van der Waals surface area contributed by atoms with Crippen LogP contribution in [0.5, 0.6) is 0 Å². The van der Waals surface area contributed by atoms with Gasteiger partial charge < -0.3 is 4.90 Å². The highest BCUT2D eigenvalue weighted by Gasteiger charge is 2.47. The van der Waals surface area contributed by atoms with E-state index in [1.807, 2.05) is 6.07 Å². The zero-order valence-electron chi connectivity index (χ0n) is 11.9. The molecule has 7 heteroatoms. The van der Waals surface area contributed by atoms with Gasteiger partial charge >= 0.3 is 0 Å². The minimum atomic E-state index is -3.02. The van der Waals surface area contributed by atoms with Crippen molar-refractivity contribution in [2.24, 2.45) is 11.8 Å². The van der Waals surface area contributed by atoms with Crippen molar-refractivity contribution < 1.29 is 8.42 Å². The topological polar surface area (TPSA) is 66.4 Å². The van der Waals surface area contributed by atoms with Crippen molar-refractivity contribution in [3.05, 3.63) is 18.5 Å². The maximum absolute atomic E-state index is 12.4. The van der Waals surface area contributed by atoms with Crippen molar-refractivity contribution in [3.63, 3.8) is 0 Å². The standard InChI is InChI=1S/C14H20N4O2S/c19-21(20,13-2-3-13)18-9-11-4-7-17(8-12(11)10-18)14-15-5-1-6-16-14/h1,5-6,11-13H,2-4,7-10H2/t11-,12+/m1/s1. The highest BCUT2D eigenvalue weighted by Crippen LogP contribution is 2.38. The van der Waals surface area contributed by atoms with Crippen LogP contribution < -0.4 is 4.90 Å². The molecule has 2 atom stereocenters. The quantitative estimate of drug-likeness (QED) is 0.823. The lowest BCUT2D eigenvalue weighted by Crippen LogP contribution is -2.40. The minimum Gasteiger partial charge on any atom is -0.340 e. The first-order valence-corrected chi connectivity index (χ1v) is 9.16. The van der Waals surface area contributed by atoms with Crippen LogP contribution in [0.2, 0.25) is 0 Å². The summed E-state index contributed by atoms with van der Waals surface area (Å²) in [5.41, 5.74) is 0. The summed E-state index contributed by atoms with van der Waals surface area (Å²) in [5, 5.41) is -0.0915. The van der Waals surface area contributed by atoms with E-state index >= 15 is 0 Å². The van der Waals surface area contributed by atoms with Gasteiger partial charge in [-0.2, -0.15) is 0 Å². The molecule has 2 aliphatic heterocycles. The summed E-state index contributed by atoms with van der Waals surface area (Å²) in [6.07, 6.45) is 6.23. The number of nitrogens with zero attached hydrogens (tertiary/aromatic N) is 4. The molecule has 6 nitrogen and oxygen atoms in total. The first kappa shape index (κ1) is 13.5. The Labute approximate surface area is 125 Å². The predicted molar refractivity (Wildman–Crippen MR) is 79.4 cm³/mol. The van der Waals surface area contributed by atoms with Gasteiger partial charge in [-0.3, -0.25) is 0 Å². The van der Waals surface area contributed by atoms with Gasteiger partial charge in [-0.15, -0.1) is 0 Å². The molecular weight excluding hydrogens is 288 g/mol. The molecule has 0 aromatic carbocycles. The van der Waals surface area contributed by atoms with Gasteiger partial charge in [0, 0.05) is 38.6 Å². The first-order chi connectivity index (χ1) is 10.1. The summed E-state index contributed by atoms with van der Waals surface area (Å²) in [7, 11) is -3.02. The number of aromatic nitrogens is 2. The van der Waals surface area contributed by atoms with Crippen LogP contribution in [-0.4, -0.2) is 54.1 Å².